The van der Waals surface area contributed by atoms with E-state index in [1.165, 1.54) is 24.4 Å². The van der Waals surface area contributed by atoms with E-state index in [2.05, 4.69) is 20.9 Å². The van der Waals surface area contributed by atoms with Crippen LogP contribution in [0.1, 0.15) is 34.0 Å². The number of alkyl halides is 2. The zero-order valence-corrected chi connectivity index (χ0v) is 23.9. The van der Waals surface area contributed by atoms with E-state index in [0.717, 1.165) is 6.07 Å². The number of pyridine rings is 1. The Labute approximate surface area is 258 Å². The summed E-state index contributed by atoms with van der Waals surface area (Å²) in [7, 11) is 0. The van der Waals surface area contributed by atoms with Crippen molar-refractivity contribution in [2.45, 2.75) is 55.7 Å². The molecular weight excluding hydrogens is 593 g/mol. The number of hydrogen-bond donors (Lipinski definition) is 0. The molecule has 0 amide bonds. The van der Waals surface area contributed by atoms with E-state index in [1.807, 2.05) is 0 Å². The molecule has 0 radical (unpaired) electrons. The average Bonchev–Trinajstić information content (AvgIpc) is 3.39. The van der Waals surface area contributed by atoms with Gasteiger partial charge in [-0.2, -0.15) is 9.97 Å². The van der Waals surface area contributed by atoms with Gasteiger partial charge in [-0.1, -0.05) is 24.1 Å². The van der Waals surface area contributed by atoms with Crippen molar-refractivity contribution in [2.75, 3.05) is 37.7 Å². The van der Waals surface area contributed by atoms with Crippen molar-refractivity contribution in [3.05, 3.63) is 53.5 Å². The molecule has 7 nitrogen and oxygen atoms in total. The first-order valence-electron chi connectivity index (χ1n) is 15.9. The molecule has 4 fully saturated rings. The van der Waals surface area contributed by atoms with Crippen molar-refractivity contribution in [3.8, 4) is 29.6 Å². The van der Waals surface area contributed by atoms with Crippen LogP contribution in [-0.2, 0) is 4.74 Å². The largest absolute Gasteiger partial charge is 0.461 e. The molecule has 2 aromatic carbocycles. The van der Waals surface area contributed by atoms with Crippen molar-refractivity contribution < 1.29 is 34.2 Å². The normalized spacial score (nSPS) is 28.8. The maximum Gasteiger partial charge on any atom is 0.319 e. The third kappa shape index (κ3) is 4.42. The standard InChI is InChI=1S/C33H28F5N5O2/c1-2-19-23-17(12-22(35)24(19)36)6-3-7-20(23)27-25(37)28-21(14-39-27)31(43-10-5-11-44-30-26(38)29(30)43)41-32(40-28)45-16-33-8-4-9-42(33)15-18(34)13-33/h1,3,6-7,12,14,18,26,29-30H,4-5,8-11,13,15-16H2/t18-,26-,29-,30+,33+/m1/s1/i16D2. The number of terminal acetylenes is 1. The Hall–Kier alpha value is -4.08. The first kappa shape index (κ1) is 26.2. The fourth-order valence-electron chi connectivity index (χ4n) is 7.23. The summed E-state index contributed by atoms with van der Waals surface area (Å²) in [4.78, 5) is 16.5. The van der Waals surface area contributed by atoms with Crippen LogP contribution in [0.3, 0.4) is 0 Å². The number of hydrogen-bond acceptors (Lipinski definition) is 7. The smallest absolute Gasteiger partial charge is 0.319 e. The first-order valence-corrected chi connectivity index (χ1v) is 14.9. The summed E-state index contributed by atoms with van der Waals surface area (Å²) in [5, 5.41) is 0.381. The van der Waals surface area contributed by atoms with E-state index < -0.39 is 65.6 Å². The molecule has 2 aromatic heterocycles. The van der Waals surface area contributed by atoms with Crippen LogP contribution >= 0.6 is 0 Å². The van der Waals surface area contributed by atoms with Crippen LogP contribution in [0.2, 0.25) is 0 Å². The minimum atomic E-state index is -2.48. The highest BCUT2D eigenvalue weighted by Gasteiger charge is 2.58. The predicted octanol–water partition coefficient (Wildman–Crippen LogP) is 5.51. The van der Waals surface area contributed by atoms with Gasteiger partial charge in [-0.15, -0.1) is 6.42 Å². The van der Waals surface area contributed by atoms with Crippen molar-refractivity contribution in [2.24, 2.45) is 0 Å². The van der Waals surface area contributed by atoms with Crippen molar-refractivity contribution in [1.29, 1.82) is 0 Å². The molecule has 0 unspecified atom stereocenters. The highest BCUT2D eigenvalue weighted by molar-refractivity contribution is 6.02. The molecule has 1 saturated carbocycles. The number of halogens is 5. The lowest BCUT2D eigenvalue weighted by Crippen LogP contribution is -2.43. The van der Waals surface area contributed by atoms with E-state index in [1.54, 1.807) is 9.80 Å². The second kappa shape index (κ2) is 10.5. The lowest BCUT2D eigenvalue weighted by molar-refractivity contribution is 0.105. The maximum absolute atomic E-state index is 16.8. The van der Waals surface area contributed by atoms with Crippen LogP contribution in [0, 0.1) is 29.8 Å². The number of anilines is 1. The summed E-state index contributed by atoms with van der Waals surface area (Å²) in [6, 6.07) is 4.21. The highest BCUT2D eigenvalue weighted by Crippen LogP contribution is 2.44. The van der Waals surface area contributed by atoms with E-state index in [-0.39, 0.29) is 51.7 Å². The Bertz CT molecular complexity index is 2000. The Kier molecular flexibility index (Phi) is 6.10. The summed E-state index contributed by atoms with van der Waals surface area (Å²) >= 11 is 0. The summed E-state index contributed by atoms with van der Waals surface area (Å²) in [5.41, 5.74) is -2.21. The quantitative estimate of drug-likeness (QED) is 0.215. The fourth-order valence-corrected chi connectivity index (χ4v) is 7.23. The molecule has 0 spiro atoms. The predicted molar refractivity (Wildman–Crippen MR) is 157 cm³/mol. The van der Waals surface area contributed by atoms with Crippen LogP contribution in [0.4, 0.5) is 27.8 Å². The molecule has 5 heterocycles. The Morgan fingerprint density at radius 1 is 1.16 bits per heavy atom. The number of fused-ring (bicyclic) bond motifs is 4. The molecule has 3 aliphatic heterocycles. The molecule has 0 N–H and O–H groups in total. The molecule has 3 saturated heterocycles. The van der Waals surface area contributed by atoms with Gasteiger partial charge in [-0.3, -0.25) is 9.88 Å². The molecule has 4 aromatic rings. The first-order chi connectivity index (χ1) is 22.5. The molecule has 8 rings (SSSR count). The maximum atomic E-state index is 16.8. The van der Waals surface area contributed by atoms with Gasteiger partial charge < -0.3 is 14.4 Å². The van der Waals surface area contributed by atoms with Gasteiger partial charge in [0.15, 0.2) is 23.6 Å². The van der Waals surface area contributed by atoms with Crippen molar-refractivity contribution in [3.63, 3.8) is 0 Å². The zero-order valence-electron chi connectivity index (χ0n) is 25.9. The van der Waals surface area contributed by atoms with Gasteiger partial charge in [-0.25, -0.2) is 22.0 Å². The molecule has 5 atom stereocenters. The second-order valence-electron chi connectivity index (χ2n) is 12.0. The van der Waals surface area contributed by atoms with Crippen molar-refractivity contribution >= 4 is 27.5 Å². The van der Waals surface area contributed by atoms with Gasteiger partial charge in [-0.05, 0) is 37.3 Å². The third-order valence-corrected chi connectivity index (χ3v) is 9.36. The number of ether oxygens (including phenoxy) is 2. The second-order valence-corrected chi connectivity index (χ2v) is 12.0. The molecule has 0 bridgehead atoms. The van der Waals surface area contributed by atoms with E-state index in [0.29, 0.717) is 39.0 Å². The van der Waals surface area contributed by atoms with E-state index >= 15 is 4.39 Å². The monoisotopic (exact) mass is 623 g/mol. The van der Waals surface area contributed by atoms with E-state index in [4.69, 9.17) is 18.6 Å². The van der Waals surface area contributed by atoms with Gasteiger partial charge in [0.25, 0.3) is 0 Å². The molecule has 232 valence electrons. The van der Waals surface area contributed by atoms with Gasteiger partial charge in [0.1, 0.15) is 35.9 Å². The van der Waals surface area contributed by atoms with Gasteiger partial charge >= 0.3 is 6.01 Å². The van der Waals surface area contributed by atoms with E-state index in [9.17, 15) is 17.6 Å². The number of nitrogens with zero attached hydrogens (tertiary/aromatic N) is 5. The molecule has 45 heavy (non-hydrogen) atoms. The molecular formula is C33H28F5N5O2. The summed E-state index contributed by atoms with van der Waals surface area (Å²) in [5.74, 6) is -1.17. The minimum absolute atomic E-state index is 0.0648. The Morgan fingerprint density at radius 3 is 2.87 bits per heavy atom. The Morgan fingerprint density at radius 2 is 2.02 bits per heavy atom. The number of aromatic nitrogens is 3. The number of rotatable bonds is 5. The molecule has 4 aliphatic rings. The van der Waals surface area contributed by atoms with Gasteiger partial charge in [0, 0.05) is 43.3 Å². The lowest BCUT2D eigenvalue weighted by atomic mass is 9.95. The van der Waals surface area contributed by atoms with Crippen LogP contribution in [-0.4, -0.2) is 82.7 Å². The SMILES string of the molecule is [2H]C([2H])(Oc1nc(N2CCCO[C@H]3[C@H](F)[C@H]32)c2cnc(-c3cccc4cc(F)c(F)c(C#C)c34)c(F)c2n1)[C@@]12CCCN1C[C@H](F)C2. The highest BCUT2D eigenvalue weighted by atomic mass is 19.2. The van der Waals surface area contributed by atoms with Gasteiger partial charge in [0.05, 0.1) is 25.3 Å². The minimum Gasteiger partial charge on any atom is -0.461 e. The van der Waals surface area contributed by atoms with Crippen molar-refractivity contribution in [1.82, 2.24) is 19.9 Å². The molecule has 1 aliphatic carbocycles. The van der Waals surface area contributed by atoms with Gasteiger partial charge in [0.2, 0.25) is 0 Å². The lowest BCUT2D eigenvalue weighted by Gasteiger charge is -2.31. The average molecular weight is 624 g/mol. The van der Waals surface area contributed by atoms with Crippen LogP contribution in [0.25, 0.3) is 32.9 Å². The Balaban J connectivity index is 1.32. The third-order valence-electron chi connectivity index (χ3n) is 9.36. The molecule has 12 heteroatoms. The topological polar surface area (TPSA) is 63.6 Å². The van der Waals surface area contributed by atoms with Crippen LogP contribution in [0.5, 0.6) is 6.01 Å². The summed E-state index contributed by atoms with van der Waals surface area (Å²) < 4.78 is 105. The fraction of sp³-hybridized carbons (Fsp3) is 0.424. The number of benzene rings is 2. The van der Waals surface area contributed by atoms with Crippen LogP contribution < -0.4 is 9.64 Å². The summed E-state index contributed by atoms with van der Waals surface area (Å²) in [6.45, 7) is -1.30. The van der Waals surface area contributed by atoms with Crippen LogP contribution in [0.15, 0.2) is 30.5 Å². The summed E-state index contributed by atoms with van der Waals surface area (Å²) in [6.07, 6.45) is 4.99. The zero-order chi connectivity index (χ0) is 32.8.